The number of hydrogen-bond donors (Lipinski definition) is 1. The van der Waals surface area contributed by atoms with Crippen molar-refractivity contribution >= 4 is 22.6 Å². The first-order chi connectivity index (χ1) is 3.29. The molecule has 1 rings (SSSR count). The zero-order valence-corrected chi connectivity index (χ0v) is 4.55. The van der Waals surface area contributed by atoms with Crippen molar-refractivity contribution < 1.29 is 4.79 Å². The van der Waals surface area contributed by atoms with Crippen LogP contribution in [-0.4, -0.2) is 16.6 Å². The number of Topliss-reactive ketones (excluding diaryl/α,β-unsaturated/α-hetero) is 1. The zero-order valence-electron chi connectivity index (χ0n) is 3.73. The fraction of sp³-hybridized carbons (Fsp3) is 0.500. The van der Waals surface area contributed by atoms with Gasteiger partial charge in [-0.05, 0) is 0 Å². The average molecular weight is 115 g/mol. The van der Waals surface area contributed by atoms with Gasteiger partial charge in [-0.15, -0.1) is 11.8 Å². The molecule has 38 valence electrons. The predicted molar refractivity (Wildman–Crippen MR) is 29.8 cm³/mol. The van der Waals surface area contributed by atoms with E-state index in [1.54, 1.807) is 0 Å². The standard InChI is InChI=1S/C4H5NOS/c5-4-1-3(6)2-7-4/h5H,1-2H2. The summed E-state index contributed by atoms with van der Waals surface area (Å²) in [5.41, 5.74) is 0. The SMILES string of the molecule is N=C1CC(=O)CS1. The molecule has 0 atom stereocenters. The molecule has 0 aromatic rings. The van der Waals surface area contributed by atoms with Gasteiger partial charge in [0, 0.05) is 0 Å². The Morgan fingerprint density at radius 3 is 2.57 bits per heavy atom. The highest BCUT2D eigenvalue weighted by atomic mass is 32.2. The maximum absolute atomic E-state index is 10.3. The minimum Gasteiger partial charge on any atom is -0.298 e. The molecule has 0 aromatic carbocycles. The zero-order chi connectivity index (χ0) is 5.28. The van der Waals surface area contributed by atoms with Gasteiger partial charge in [0.05, 0.1) is 17.2 Å². The molecule has 0 bridgehead atoms. The van der Waals surface area contributed by atoms with Gasteiger partial charge in [0.1, 0.15) is 5.78 Å². The summed E-state index contributed by atoms with van der Waals surface area (Å²) >= 11 is 1.34. The van der Waals surface area contributed by atoms with Gasteiger partial charge >= 0.3 is 0 Å². The van der Waals surface area contributed by atoms with Gasteiger partial charge in [-0.25, -0.2) is 0 Å². The largest absolute Gasteiger partial charge is 0.298 e. The first-order valence-corrected chi connectivity index (χ1v) is 2.99. The normalized spacial score (nSPS) is 21.1. The Hall–Kier alpha value is -0.310. The smallest absolute Gasteiger partial charge is 0.149 e. The highest BCUT2D eigenvalue weighted by Gasteiger charge is 2.14. The average Bonchev–Trinajstić information content (AvgIpc) is 1.87. The minimum absolute atomic E-state index is 0.190. The molecule has 1 saturated heterocycles. The molecule has 0 aromatic heterocycles. The second-order valence-electron chi connectivity index (χ2n) is 1.43. The van der Waals surface area contributed by atoms with Gasteiger partial charge in [0.2, 0.25) is 0 Å². The van der Waals surface area contributed by atoms with Crippen molar-refractivity contribution in [1.82, 2.24) is 0 Å². The molecule has 0 saturated carbocycles. The Bertz CT molecular complexity index is 107. The molecule has 0 amide bonds. The molecule has 0 radical (unpaired) electrons. The number of nitrogens with one attached hydrogen (secondary N) is 1. The lowest BCUT2D eigenvalue weighted by atomic mass is 10.3. The summed E-state index contributed by atoms with van der Waals surface area (Å²) in [5.74, 6) is 0.716. The van der Waals surface area contributed by atoms with Gasteiger partial charge in [-0.1, -0.05) is 0 Å². The lowest BCUT2D eigenvalue weighted by Gasteiger charge is -1.75. The summed E-state index contributed by atoms with van der Waals surface area (Å²) in [7, 11) is 0. The molecule has 1 N–H and O–H groups in total. The van der Waals surface area contributed by atoms with Crippen LogP contribution in [0.25, 0.3) is 0 Å². The Balaban J connectivity index is 2.55. The van der Waals surface area contributed by atoms with Crippen LogP contribution < -0.4 is 0 Å². The van der Waals surface area contributed by atoms with E-state index in [0.29, 0.717) is 17.2 Å². The number of carbonyl (C=O) groups excluding carboxylic acids is 1. The molecule has 1 aliphatic heterocycles. The van der Waals surface area contributed by atoms with E-state index in [2.05, 4.69) is 0 Å². The van der Waals surface area contributed by atoms with E-state index in [9.17, 15) is 4.79 Å². The second kappa shape index (κ2) is 1.66. The van der Waals surface area contributed by atoms with Gasteiger partial charge in [0.15, 0.2) is 0 Å². The topological polar surface area (TPSA) is 40.9 Å². The number of ketones is 1. The minimum atomic E-state index is 0.190. The fourth-order valence-electron chi connectivity index (χ4n) is 0.449. The van der Waals surface area contributed by atoms with Crippen molar-refractivity contribution in [3.8, 4) is 0 Å². The summed E-state index contributed by atoms with van der Waals surface area (Å²) < 4.78 is 0. The maximum atomic E-state index is 10.3. The lowest BCUT2D eigenvalue weighted by Crippen LogP contribution is -1.91. The van der Waals surface area contributed by atoms with Crippen molar-refractivity contribution in [3.05, 3.63) is 0 Å². The number of thioether (sulfide) groups is 1. The van der Waals surface area contributed by atoms with Crippen LogP contribution in [0.1, 0.15) is 6.42 Å². The predicted octanol–water partition coefficient (Wildman–Crippen LogP) is 0.670. The van der Waals surface area contributed by atoms with Gasteiger partial charge < -0.3 is 0 Å². The van der Waals surface area contributed by atoms with Crippen molar-refractivity contribution in [3.63, 3.8) is 0 Å². The lowest BCUT2D eigenvalue weighted by molar-refractivity contribution is -0.115. The van der Waals surface area contributed by atoms with Crippen LogP contribution in [0.15, 0.2) is 0 Å². The molecular weight excluding hydrogens is 110 g/mol. The van der Waals surface area contributed by atoms with E-state index in [4.69, 9.17) is 5.41 Å². The number of rotatable bonds is 0. The van der Waals surface area contributed by atoms with Crippen molar-refractivity contribution in [2.24, 2.45) is 0 Å². The van der Waals surface area contributed by atoms with Crippen molar-refractivity contribution in [1.29, 1.82) is 5.41 Å². The molecule has 0 aliphatic carbocycles. The summed E-state index contributed by atoms with van der Waals surface area (Å²) in [5, 5.41) is 7.44. The van der Waals surface area contributed by atoms with Crippen molar-refractivity contribution in [2.75, 3.05) is 5.75 Å². The third-order valence-electron chi connectivity index (χ3n) is 0.765. The maximum Gasteiger partial charge on any atom is 0.149 e. The van der Waals surface area contributed by atoms with Crippen LogP contribution in [0.4, 0.5) is 0 Å². The Kier molecular flexibility index (Phi) is 1.15. The Morgan fingerprint density at radius 2 is 2.43 bits per heavy atom. The van der Waals surface area contributed by atoms with Crippen LogP contribution in [0.5, 0.6) is 0 Å². The Labute approximate surface area is 45.8 Å². The van der Waals surface area contributed by atoms with Crippen LogP contribution in [-0.2, 0) is 4.79 Å². The molecule has 3 heteroatoms. The van der Waals surface area contributed by atoms with Crippen molar-refractivity contribution in [2.45, 2.75) is 6.42 Å². The quantitative estimate of drug-likeness (QED) is 0.504. The third-order valence-corrected chi connectivity index (χ3v) is 1.72. The summed E-state index contributed by atoms with van der Waals surface area (Å²) in [6.45, 7) is 0. The highest BCUT2D eigenvalue weighted by Crippen LogP contribution is 2.14. The molecule has 1 fully saturated rings. The van der Waals surface area contributed by atoms with E-state index >= 15 is 0 Å². The third kappa shape index (κ3) is 1.03. The molecule has 1 heterocycles. The molecule has 1 aliphatic rings. The van der Waals surface area contributed by atoms with Crippen LogP contribution in [0.2, 0.25) is 0 Å². The summed E-state index contributed by atoms with van der Waals surface area (Å²) in [6, 6.07) is 0. The second-order valence-corrected chi connectivity index (χ2v) is 2.50. The van der Waals surface area contributed by atoms with E-state index in [0.717, 1.165) is 0 Å². The molecule has 2 nitrogen and oxygen atoms in total. The Morgan fingerprint density at radius 1 is 1.71 bits per heavy atom. The van der Waals surface area contributed by atoms with Crippen LogP contribution in [0.3, 0.4) is 0 Å². The summed E-state index contributed by atoms with van der Waals surface area (Å²) in [4.78, 5) is 10.3. The number of carbonyl (C=O) groups is 1. The monoisotopic (exact) mass is 115 g/mol. The van der Waals surface area contributed by atoms with Gasteiger partial charge in [-0.3, -0.25) is 10.2 Å². The molecular formula is C4H5NOS. The van der Waals surface area contributed by atoms with E-state index in [-0.39, 0.29) is 5.78 Å². The molecule has 0 unspecified atom stereocenters. The summed E-state index contributed by atoms with van der Waals surface area (Å²) in [6.07, 6.45) is 0.380. The van der Waals surface area contributed by atoms with Gasteiger partial charge in [0.25, 0.3) is 0 Å². The highest BCUT2D eigenvalue weighted by molar-refractivity contribution is 8.15. The first kappa shape index (κ1) is 4.84. The van der Waals surface area contributed by atoms with Crippen LogP contribution in [0, 0.1) is 5.41 Å². The number of hydrogen-bond acceptors (Lipinski definition) is 3. The molecule has 7 heavy (non-hydrogen) atoms. The fourth-order valence-corrected chi connectivity index (χ4v) is 1.15. The van der Waals surface area contributed by atoms with E-state index in [1.807, 2.05) is 0 Å². The van der Waals surface area contributed by atoms with E-state index in [1.165, 1.54) is 11.8 Å². The van der Waals surface area contributed by atoms with Gasteiger partial charge in [-0.2, -0.15) is 0 Å². The first-order valence-electron chi connectivity index (χ1n) is 2.01. The van der Waals surface area contributed by atoms with Crippen LogP contribution >= 0.6 is 11.8 Å². The molecule has 0 spiro atoms. The van der Waals surface area contributed by atoms with E-state index < -0.39 is 0 Å².